The van der Waals surface area contributed by atoms with Crippen LogP contribution in [-0.4, -0.2) is 18.3 Å². The van der Waals surface area contributed by atoms with Gasteiger partial charge in [-0.15, -0.1) is 11.8 Å². The molecule has 0 bridgehead atoms. The van der Waals surface area contributed by atoms with E-state index in [-0.39, 0.29) is 5.97 Å². The second kappa shape index (κ2) is 9.45. The smallest absolute Gasteiger partial charge is 0.306 e. The molecule has 0 aliphatic rings. The van der Waals surface area contributed by atoms with Crippen LogP contribution in [0.3, 0.4) is 0 Å². The van der Waals surface area contributed by atoms with Gasteiger partial charge in [0.25, 0.3) is 0 Å². The summed E-state index contributed by atoms with van der Waals surface area (Å²) in [6, 6.07) is 10.3. The number of thioether (sulfide) groups is 1. The topological polar surface area (TPSA) is 26.3 Å². The second-order valence-electron chi connectivity index (χ2n) is 4.15. The minimum absolute atomic E-state index is 0.164. The highest BCUT2D eigenvalue weighted by Crippen LogP contribution is 2.18. The Hall–Kier alpha value is -1.48. The summed E-state index contributed by atoms with van der Waals surface area (Å²) in [6.07, 6.45) is 4.94. The zero-order valence-electron chi connectivity index (χ0n) is 11.3. The van der Waals surface area contributed by atoms with Crippen molar-refractivity contribution in [2.75, 3.05) is 12.4 Å². The van der Waals surface area contributed by atoms with Gasteiger partial charge in [-0.2, -0.15) is 0 Å². The summed E-state index contributed by atoms with van der Waals surface area (Å²) in [6.45, 7) is 5.85. The third-order valence-corrected chi connectivity index (χ3v) is 3.45. The molecule has 0 radical (unpaired) electrons. The van der Waals surface area contributed by atoms with E-state index in [0.717, 1.165) is 12.2 Å². The minimum Gasteiger partial charge on any atom is -0.461 e. The number of esters is 1. The summed E-state index contributed by atoms with van der Waals surface area (Å²) in [5.41, 5.74) is 1.22. The molecule has 0 aromatic heterocycles. The average molecular weight is 276 g/mol. The number of hydrogen-bond acceptors (Lipinski definition) is 3. The summed E-state index contributed by atoms with van der Waals surface area (Å²) in [5.74, 6) is 0.765. The van der Waals surface area contributed by atoms with E-state index in [0.29, 0.717) is 13.0 Å². The summed E-state index contributed by atoms with van der Waals surface area (Å²) < 4.78 is 4.93. The number of allylic oxidation sites excluding steroid dienone is 1. The Morgan fingerprint density at radius 3 is 2.74 bits per heavy atom. The molecule has 0 heterocycles. The molecule has 0 fully saturated rings. The van der Waals surface area contributed by atoms with Gasteiger partial charge in [-0.3, -0.25) is 4.79 Å². The highest BCUT2D eigenvalue weighted by molar-refractivity contribution is 7.99. The molecule has 1 aromatic carbocycles. The lowest BCUT2D eigenvalue weighted by molar-refractivity contribution is -0.142. The zero-order valence-corrected chi connectivity index (χ0v) is 12.1. The van der Waals surface area contributed by atoms with E-state index in [2.05, 4.69) is 24.8 Å². The molecule has 0 spiro atoms. The third kappa shape index (κ3) is 7.52. The lowest BCUT2D eigenvalue weighted by atomic mass is 10.1. The lowest BCUT2D eigenvalue weighted by Crippen LogP contribution is -2.04. The molecule has 0 saturated carbocycles. The summed E-state index contributed by atoms with van der Waals surface area (Å²) in [5, 5.41) is 0. The Labute approximate surface area is 119 Å². The second-order valence-corrected chi connectivity index (χ2v) is 5.24. The zero-order chi connectivity index (χ0) is 13.9. The molecule has 0 amide bonds. The SMILES string of the molecule is C=CCOC(=O)CCC(C)=CCSc1ccccc1. The lowest BCUT2D eigenvalue weighted by Gasteiger charge is -2.03. The molecule has 0 aliphatic heterocycles. The number of hydrogen-bond donors (Lipinski definition) is 0. The number of carbonyl (C=O) groups is 1. The molecule has 102 valence electrons. The van der Waals surface area contributed by atoms with Crippen LogP contribution in [0.2, 0.25) is 0 Å². The maximum atomic E-state index is 11.3. The maximum absolute atomic E-state index is 11.3. The molecule has 0 atom stereocenters. The van der Waals surface area contributed by atoms with Crippen LogP contribution in [0.4, 0.5) is 0 Å². The van der Waals surface area contributed by atoms with Crippen molar-refractivity contribution in [3.8, 4) is 0 Å². The van der Waals surface area contributed by atoms with E-state index in [1.54, 1.807) is 17.8 Å². The standard InChI is InChI=1S/C16H20O2S/c1-3-12-18-16(17)10-9-14(2)11-13-19-15-7-5-4-6-8-15/h3-8,11H,1,9-10,12-13H2,2H3. The van der Waals surface area contributed by atoms with Crippen molar-refractivity contribution >= 4 is 17.7 Å². The third-order valence-electron chi connectivity index (χ3n) is 2.51. The van der Waals surface area contributed by atoms with Crippen molar-refractivity contribution in [3.05, 3.63) is 54.6 Å². The van der Waals surface area contributed by atoms with Gasteiger partial charge in [0.2, 0.25) is 0 Å². The monoisotopic (exact) mass is 276 g/mol. The summed E-state index contributed by atoms with van der Waals surface area (Å²) >= 11 is 1.79. The first-order valence-corrected chi connectivity index (χ1v) is 7.31. The first kappa shape index (κ1) is 15.6. The first-order valence-electron chi connectivity index (χ1n) is 6.32. The van der Waals surface area contributed by atoms with Crippen molar-refractivity contribution in [3.63, 3.8) is 0 Å². The van der Waals surface area contributed by atoms with E-state index in [4.69, 9.17) is 4.74 Å². The fourth-order valence-corrected chi connectivity index (χ4v) is 2.33. The Morgan fingerprint density at radius 2 is 2.05 bits per heavy atom. The Bertz CT molecular complexity index is 424. The molecule has 2 nitrogen and oxygen atoms in total. The van der Waals surface area contributed by atoms with Crippen LogP contribution in [0.1, 0.15) is 19.8 Å². The van der Waals surface area contributed by atoms with Gasteiger partial charge in [-0.05, 0) is 25.5 Å². The molecular formula is C16H20O2S. The van der Waals surface area contributed by atoms with Crippen LogP contribution < -0.4 is 0 Å². The molecular weight excluding hydrogens is 256 g/mol. The van der Waals surface area contributed by atoms with Crippen molar-refractivity contribution < 1.29 is 9.53 Å². The minimum atomic E-state index is -0.164. The summed E-state index contributed by atoms with van der Waals surface area (Å²) in [4.78, 5) is 12.6. The first-order chi connectivity index (χ1) is 9.22. The highest BCUT2D eigenvalue weighted by atomic mass is 32.2. The highest BCUT2D eigenvalue weighted by Gasteiger charge is 2.01. The Kier molecular flexibility index (Phi) is 7.75. The van der Waals surface area contributed by atoms with Crippen LogP contribution in [0.15, 0.2) is 59.5 Å². The fourth-order valence-electron chi connectivity index (χ4n) is 1.42. The van der Waals surface area contributed by atoms with Crippen LogP contribution in [0.25, 0.3) is 0 Å². The summed E-state index contributed by atoms with van der Waals surface area (Å²) in [7, 11) is 0. The molecule has 0 N–H and O–H groups in total. The van der Waals surface area contributed by atoms with E-state index >= 15 is 0 Å². The van der Waals surface area contributed by atoms with Gasteiger partial charge in [0.15, 0.2) is 0 Å². The number of benzene rings is 1. The largest absolute Gasteiger partial charge is 0.461 e. The van der Waals surface area contributed by atoms with Gasteiger partial charge >= 0.3 is 5.97 Å². The van der Waals surface area contributed by atoms with Crippen molar-refractivity contribution in [1.82, 2.24) is 0 Å². The van der Waals surface area contributed by atoms with Crippen LogP contribution in [0.5, 0.6) is 0 Å². The van der Waals surface area contributed by atoms with E-state index in [1.807, 2.05) is 25.1 Å². The average Bonchev–Trinajstić information content (AvgIpc) is 2.44. The molecule has 0 unspecified atom stereocenters. The Balaban J connectivity index is 2.22. The Morgan fingerprint density at radius 1 is 1.32 bits per heavy atom. The van der Waals surface area contributed by atoms with Crippen LogP contribution in [0, 0.1) is 0 Å². The molecule has 0 aliphatic carbocycles. The normalized spacial score (nSPS) is 11.1. The maximum Gasteiger partial charge on any atom is 0.306 e. The van der Waals surface area contributed by atoms with Crippen molar-refractivity contribution in [2.45, 2.75) is 24.7 Å². The van der Waals surface area contributed by atoms with Crippen LogP contribution in [-0.2, 0) is 9.53 Å². The molecule has 19 heavy (non-hydrogen) atoms. The predicted octanol–water partition coefficient (Wildman–Crippen LogP) is 4.23. The number of carbonyl (C=O) groups excluding carboxylic acids is 1. The van der Waals surface area contributed by atoms with Gasteiger partial charge < -0.3 is 4.74 Å². The molecule has 3 heteroatoms. The van der Waals surface area contributed by atoms with Crippen molar-refractivity contribution in [2.24, 2.45) is 0 Å². The van der Waals surface area contributed by atoms with Gasteiger partial charge in [0.05, 0.1) is 0 Å². The number of ether oxygens (including phenoxy) is 1. The molecule has 0 saturated heterocycles. The number of rotatable bonds is 8. The fraction of sp³-hybridized carbons (Fsp3) is 0.312. The van der Waals surface area contributed by atoms with Gasteiger partial charge in [-0.1, -0.05) is 42.5 Å². The quantitative estimate of drug-likeness (QED) is 0.404. The molecule has 1 rings (SSSR count). The van der Waals surface area contributed by atoms with Crippen molar-refractivity contribution in [1.29, 1.82) is 0 Å². The predicted molar refractivity (Wildman–Crippen MR) is 81.3 cm³/mol. The molecule has 1 aromatic rings. The van der Waals surface area contributed by atoms with Gasteiger partial charge in [0.1, 0.15) is 6.61 Å². The van der Waals surface area contributed by atoms with E-state index < -0.39 is 0 Å². The van der Waals surface area contributed by atoms with Gasteiger partial charge in [-0.25, -0.2) is 0 Å². The van der Waals surface area contributed by atoms with E-state index in [1.165, 1.54) is 10.5 Å². The van der Waals surface area contributed by atoms with E-state index in [9.17, 15) is 4.79 Å². The van der Waals surface area contributed by atoms with Crippen LogP contribution >= 0.6 is 11.8 Å². The van der Waals surface area contributed by atoms with Gasteiger partial charge in [0, 0.05) is 17.1 Å².